The molecule has 19 heavy (non-hydrogen) atoms. The molecule has 0 bridgehead atoms. The normalized spacial score (nSPS) is 18.6. The summed E-state index contributed by atoms with van der Waals surface area (Å²) >= 11 is 0. The standard InChI is InChI=1S/C13H14N2O4/c16-12(17)7-6-9-3-1-5-11(14-9)15-13(18)10-4-2-8-19-10/h1,3,5-7,10H,2,4,8H2,(H,16,17)(H,14,15,18). The predicted molar refractivity (Wildman–Crippen MR) is 68.5 cm³/mol. The molecule has 1 unspecified atom stereocenters. The Morgan fingerprint density at radius 3 is 3.00 bits per heavy atom. The number of amides is 1. The summed E-state index contributed by atoms with van der Waals surface area (Å²) in [6.45, 7) is 0.604. The minimum Gasteiger partial charge on any atom is -0.478 e. The number of carbonyl (C=O) groups excluding carboxylic acids is 1. The predicted octanol–water partition coefficient (Wildman–Crippen LogP) is 1.30. The Morgan fingerprint density at radius 2 is 2.32 bits per heavy atom. The third kappa shape index (κ3) is 3.89. The van der Waals surface area contributed by atoms with Crippen LogP contribution in [0.2, 0.25) is 0 Å². The zero-order valence-corrected chi connectivity index (χ0v) is 10.2. The Hall–Kier alpha value is -2.21. The highest BCUT2D eigenvalue weighted by Crippen LogP contribution is 2.14. The van der Waals surface area contributed by atoms with Crippen LogP contribution < -0.4 is 5.32 Å². The van der Waals surface area contributed by atoms with Crippen molar-refractivity contribution in [1.29, 1.82) is 0 Å². The van der Waals surface area contributed by atoms with E-state index in [1.807, 2.05) is 0 Å². The Kier molecular flexibility index (Phi) is 4.25. The number of aromatic nitrogens is 1. The molecule has 1 saturated heterocycles. The van der Waals surface area contributed by atoms with Gasteiger partial charge in [-0.2, -0.15) is 0 Å². The summed E-state index contributed by atoms with van der Waals surface area (Å²) < 4.78 is 5.26. The van der Waals surface area contributed by atoms with E-state index in [9.17, 15) is 9.59 Å². The maximum Gasteiger partial charge on any atom is 0.328 e. The van der Waals surface area contributed by atoms with Crippen molar-refractivity contribution >= 4 is 23.8 Å². The maximum absolute atomic E-state index is 11.8. The highest BCUT2D eigenvalue weighted by Gasteiger charge is 2.23. The molecule has 2 N–H and O–H groups in total. The van der Waals surface area contributed by atoms with Crippen LogP contribution in [0.5, 0.6) is 0 Å². The molecule has 2 rings (SSSR count). The van der Waals surface area contributed by atoms with Crippen LogP contribution in [0.1, 0.15) is 18.5 Å². The second kappa shape index (κ2) is 6.10. The number of nitrogens with zero attached hydrogens (tertiary/aromatic N) is 1. The van der Waals surface area contributed by atoms with Gasteiger partial charge >= 0.3 is 5.97 Å². The van der Waals surface area contributed by atoms with E-state index in [-0.39, 0.29) is 5.91 Å². The van der Waals surface area contributed by atoms with E-state index >= 15 is 0 Å². The van der Waals surface area contributed by atoms with Gasteiger partial charge in [-0.05, 0) is 31.1 Å². The molecule has 0 spiro atoms. The van der Waals surface area contributed by atoms with Gasteiger partial charge in [0.25, 0.3) is 5.91 Å². The smallest absolute Gasteiger partial charge is 0.328 e. The van der Waals surface area contributed by atoms with Gasteiger partial charge in [-0.15, -0.1) is 0 Å². The number of pyridine rings is 1. The van der Waals surface area contributed by atoms with Crippen molar-refractivity contribution in [3.05, 3.63) is 30.0 Å². The van der Waals surface area contributed by atoms with Gasteiger partial charge in [0, 0.05) is 12.7 Å². The summed E-state index contributed by atoms with van der Waals surface area (Å²) in [7, 11) is 0. The summed E-state index contributed by atoms with van der Waals surface area (Å²) in [5, 5.41) is 11.2. The fraction of sp³-hybridized carbons (Fsp3) is 0.308. The molecule has 1 atom stereocenters. The summed E-state index contributed by atoms with van der Waals surface area (Å²) in [5.74, 6) is -0.881. The van der Waals surface area contributed by atoms with Gasteiger partial charge in [0.05, 0.1) is 5.69 Å². The summed E-state index contributed by atoms with van der Waals surface area (Å²) in [6.07, 6.45) is 3.54. The lowest BCUT2D eigenvalue weighted by Crippen LogP contribution is -2.27. The molecular weight excluding hydrogens is 248 g/mol. The molecule has 1 aromatic rings. The van der Waals surface area contributed by atoms with Crippen molar-refractivity contribution in [3.63, 3.8) is 0 Å². The van der Waals surface area contributed by atoms with Crippen molar-refractivity contribution in [1.82, 2.24) is 4.98 Å². The number of hydrogen-bond donors (Lipinski definition) is 2. The van der Waals surface area contributed by atoms with Crippen molar-refractivity contribution < 1.29 is 19.4 Å². The Labute approximate surface area is 110 Å². The van der Waals surface area contributed by atoms with Gasteiger partial charge < -0.3 is 15.2 Å². The van der Waals surface area contributed by atoms with Crippen LogP contribution in [0.3, 0.4) is 0 Å². The fourth-order valence-corrected chi connectivity index (χ4v) is 1.76. The molecule has 6 heteroatoms. The lowest BCUT2D eigenvalue weighted by Gasteiger charge is -2.09. The Bertz CT molecular complexity index is 507. The Morgan fingerprint density at radius 1 is 1.47 bits per heavy atom. The first-order valence-electron chi connectivity index (χ1n) is 5.96. The molecular formula is C13H14N2O4. The van der Waals surface area contributed by atoms with Crippen LogP contribution >= 0.6 is 0 Å². The first kappa shape index (κ1) is 13.2. The second-order valence-corrected chi connectivity index (χ2v) is 4.11. The first-order valence-corrected chi connectivity index (χ1v) is 5.96. The number of carboxylic acid groups (broad SMARTS) is 1. The molecule has 1 aliphatic rings. The van der Waals surface area contributed by atoms with Gasteiger partial charge in [-0.1, -0.05) is 6.07 Å². The van der Waals surface area contributed by atoms with Gasteiger partial charge in [-0.3, -0.25) is 4.79 Å². The van der Waals surface area contributed by atoms with E-state index in [1.54, 1.807) is 18.2 Å². The molecule has 2 heterocycles. The number of anilines is 1. The van der Waals surface area contributed by atoms with Crippen LogP contribution in [0.4, 0.5) is 5.82 Å². The van der Waals surface area contributed by atoms with Crippen LogP contribution in [-0.2, 0) is 14.3 Å². The number of rotatable bonds is 4. The van der Waals surface area contributed by atoms with Crippen molar-refractivity contribution in [3.8, 4) is 0 Å². The molecule has 1 aromatic heterocycles. The van der Waals surface area contributed by atoms with Crippen LogP contribution in [-0.4, -0.2) is 34.7 Å². The number of hydrogen-bond acceptors (Lipinski definition) is 4. The van der Waals surface area contributed by atoms with Crippen LogP contribution in [0.25, 0.3) is 6.08 Å². The monoisotopic (exact) mass is 262 g/mol. The first-order chi connectivity index (χ1) is 9.15. The van der Waals surface area contributed by atoms with E-state index in [2.05, 4.69) is 10.3 Å². The highest BCUT2D eigenvalue weighted by molar-refractivity contribution is 5.93. The molecule has 1 fully saturated rings. The van der Waals surface area contributed by atoms with Gasteiger partial charge in [0.15, 0.2) is 0 Å². The SMILES string of the molecule is O=C(O)C=Cc1cccc(NC(=O)C2CCCO2)n1. The average Bonchev–Trinajstić information content (AvgIpc) is 2.91. The minimum absolute atomic E-state index is 0.218. The number of carbonyl (C=O) groups is 2. The van der Waals surface area contributed by atoms with E-state index in [0.717, 1.165) is 12.5 Å². The quantitative estimate of drug-likeness (QED) is 0.798. The lowest BCUT2D eigenvalue weighted by molar-refractivity contribution is -0.131. The van der Waals surface area contributed by atoms with Crippen LogP contribution in [0, 0.1) is 0 Å². The van der Waals surface area contributed by atoms with Crippen molar-refractivity contribution in [2.75, 3.05) is 11.9 Å². The van der Waals surface area contributed by atoms with Crippen LogP contribution in [0.15, 0.2) is 24.3 Å². The molecule has 6 nitrogen and oxygen atoms in total. The number of ether oxygens (including phenoxy) is 1. The highest BCUT2D eigenvalue weighted by atomic mass is 16.5. The third-order valence-electron chi connectivity index (χ3n) is 2.64. The second-order valence-electron chi connectivity index (χ2n) is 4.11. The van der Waals surface area contributed by atoms with Gasteiger partial charge in [-0.25, -0.2) is 9.78 Å². The molecule has 0 aromatic carbocycles. The zero-order valence-electron chi connectivity index (χ0n) is 10.2. The minimum atomic E-state index is -1.05. The maximum atomic E-state index is 11.8. The lowest BCUT2D eigenvalue weighted by atomic mass is 10.2. The summed E-state index contributed by atoms with van der Waals surface area (Å²) in [4.78, 5) is 26.3. The van der Waals surface area contributed by atoms with E-state index in [1.165, 1.54) is 6.08 Å². The van der Waals surface area contributed by atoms with Crippen molar-refractivity contribution in [2.45, 2.75) is 18.9 Å². The largest absolute Gasteiger partial charge is 0.478 e. The molecule has 0 saturated carbocycles. The molecule has 100 valence electrons. The summed E-state index contributed by atoms with van der Waals surface area (Å²) in [6, 6.07) is 4.99. The van der Waals surface area contributed by atoms with E-state index in [0.29, 0.717) is 24.5 Å². The number of carboxylic acids is 1. The van der Waals surface area contributed by atoms with E-state index < -0.39 is 12.1 Å². The Balaban J connectivity index is 2.02. The molecule has 1 amide bonds. The number of nitrogens with one attached hydrogen (secondary N) is 1. The molecule has 0 radical (unpaired) electrons. The fourth-order valence-electron chi connectivity index (χ4n) is 1.76. The molecule has 1 aliphatic heterocycles. The van der Waals surface area contributed by atoms with Gasteiger partial charge in [0.1, 0.15) is 11.9 Å². The number of aliphatic carboxylic acids is 1. The zero-order chi connectivity index (χ0) is 13.7. The summed E-state index contributed by atoms with van der Waals surface area (Å²) in [5.41, 5.74) is 0.465. The average molecular weight is 262 g/mol. The van der Waals surface area contributed by atoms with Gasteiger partial charge in [0.2, 0.25) is 0 Å². The third-order valence-corrected chi connectivity index (χ3v) is 2.64. The van der Waals surface area contributed by atoms with Crippen molar-refractivity contribution in [2.24, 2.45) is 0 Å². The van der Waals surface area contributed by atoms with E-state index in [4.69, 9.17) is 9.84 Å². The molecule has 0 aliphatic carbocycles. The topological polar surface area (TPSA) is 88.5 Å².